The third-order valence-electron chi connectivity index (χ3n) is 4.36. The maximum atomic E-state index is 4.10. The highest BCUT2D eigenvalue weighted by molar-refractivity contribution is 5.10. The van der Waals surface area contributed by atoms with Crippen LogP contribution in [-0.2, 0) is 13.0 Å². The molecule has 1 N–H and O–H groups in total. The van der Waals surface area contributed by atoms with Crippen LogP contribution >= 0.6 is 0 Å². The summed E-state index contributed by atoms with van der Waals surface area (Å²) in [6.45, 7) is 5.28. The minimum Gasteiger partial charge on any atom is -0.316 e. The van der Waals surface area contributed by atoms with Gasteiger partial charge in [-0.15, -0.1) is 10.2 Å². The molecule has 4 heteroatoms. The normalized spacial score (nSPS) is 29.3. The average molecular weight is 246 g/mol. The van der Waals surface area contributed by atoms with E-state index < -0.39 is 0 Å². The number of aromatic nitrogens is 3. The quantitative estimate of drug-likeness (QED) is 0.613. The van der Waals surface area contributed by atoms with Crippen molar-refractivity contribution in [2.75, 3.05) is 13.1 Å². The fraction of sp³-hybridized carbons (Fsp3) is 0.714. The highest BCUT2D eigenvalue weighted by Crippen LogP contribution is 2.42. The average Bonchev–Trinajstić information content (AvgIpc) is 3.10. The third kappa shape index (κ3) is 2.34. The van der Waals surface area contributed by atoms with Gasteiger partial charge in [-0.1, -0.05) is 19.1 Å². The number of hydrogen-bond donors (Lipinski definition) is 1. The van der Waals surface area contributed by atoms with E-state index in [4.69, 9.17) is 0 Å². The summed E-state index contributed by atoms with van der Waals surface area (Å²) in [5.41, 5.74) is 0. The molecule has 1 fully saturated rings. The molecule has 0 saturated heterocycles. The molecule has 0 spiro atoms. The van der Waals surface area contributed by atoms with Gasteiger partial charge in [0.2, 0.25) is 0 Å². The lowest BCUT2D eigenvalue weighted by Gasteiger charge is -2.18. The number of allylic oxidation sites excluding steroid dienone is 2. The number of rotatable bonds is 6. The topological polar surface area (TPSA) is 42.7 Å². The van der Waals surface area contributed by atoms with Crippen LogP contribution in [0, 0.1) is 17.8 Å². The van der Waals surface area contributed by atoms with Crippen LogP contribution in [0.2, 0.25) is 0 Å². The second-order valence-electron chi connectivity index (χ2n) is 5.54. The summed E-state index contributed by atoms with van der Waals surface area (Å²) in [6.07, 6.45) is 10.4. The molecule has 1 aromatic heterocycles. The standard InChI is InChI=1S/C14H22N4/c1-2-14-17-16-10-18(14)6-5-15-9-13-8-11-3-4-12(13)7-11/h3-4,10-13,15H,2,5-9H2,1H3. The van der Waals surface area contributed by atoms with Crippen molar-refractivity contribution in [1.29, 1.82) is 0 Å². The van der Waals surface area contributed by atoms with E-state index in [0.717, 1.165) is 49.6 Å². The van der Waals surface area contributed by atoms with Crippen molar-refractivity contribution in [2.24, 2.45) is 17.8 Å². The Balaban J connectivity index is 1.39. The molecule has 18 heavy (non-hydrogen) atoms. The number of nitrogens with one attached hydrogen (secondary N) is 1. The maximum absolute atomic E-state index is 4.10. The van der Waals surface area contributed by atoms with E-state index in [9.17, 15) is 0 Å². The van der Waals surface area contributed by atoms with E-state index in [-0.39, 0.29) is 0 Å². The molecule has 3 rings (SSSR count). The maximum Gasteiger partial charge on any atom is 0.132 e. The molecule has 0 amide bonds. The zero-order valence-electron chi connectivity index (χ0n) is 11.0. The van der Waals surface area contributed by atoms with Gasteiger partial charge in [0.1, 0.15) is 12.2 Å². The van der Waals surface area contributed by atoms with Crippen molar-refractivity contribution >= 4 is 0 Å². The molecule has 0 aliphatic heterocycles. The van der Waals surface area contributed by atoms with Gasteiger partial charge in [0, 0.05) is 19.5 Å². The lowest BCUT2D eigenvalue weighted by Crippen LogP contribution is -2.28. The molecule has 1 aromatic rings. The Hall–Kier alpha value is -1.16. The van der Waals surface area contributed by atoms with Gasteiger partial charge in [-0.05, 0) is 37.1 Å². The van der Waals surface area contributed by atoms with Gasteiger partial charge in [-0.3, -0.25) is 0 Å². The van der Waals surface area contributed by atoms with Gasteiger partial charge in [-0.25, -0.2) is 0 Å². The third-order valence-corrected chi connectivity index (χ3v) is 4.36. The van der Waals surface area contributed by atoms with Crippen molar-refractivity contribution in [3.63, 3.8) is 0 Å². The molecule has 2 aliphatic carbocycles. The first-order chi connectivity index (χ1) is 8.86. The van der Waals surface area contributed by atoms with Crippen LogP contribution in [0.5, 0.6) is 0 Å². The summed E-state index contributed by atoms with van der Waals surface area (Å²) in [7, 11) is 0. The van der Waals surface area contributed by atoms with E-state index in [1.54, 1.807) is 0 Å². The van der Waals surface area contributed by atoms with Crippen LogP contribution in [0.1, 0.15) is 25.6 Å². The molecule has 98 valence electrons. The van der Waals surface area contributed by atoms with Crippen LogP contribution < -0.4 is 5.32 Å². The number of fused-ring (bicyclic) bond motifs is 2. The Bertz CT molecular complexity index is 423. The highest BCUT2D eigenvalue weighted by atomic mass is 15.3. The Kier molecular flexibility index (Phi) is 3.46. The van der Waals surface area contributed by atoms with Crippen LogP contribution in [0.4, 0.5) is 0 Å². The predicted molar refractivity (Wildman–Crippen MR) is 71.1 cm³/mol. The fourth-order valence-corrected chi connectivity index (χ4v) is 3.36. The molecule has 3 unspecified atom stereocenters. The number of hydrogen-bond acceptors (Lipinski definition) is 3. The molecule has 2 aliphatic rings. The molecule has 0 aromatic carbocycles. The van der Waals surface area contributed by atoms with E-state index in [1.807, 2.05) is 6.33 Å². The van der Waals surface area contributed by atoms with E-state index in [1.165, 1.54) is 12.8 Å². The number of nitrogens with zero attached hydrogens (tertiary/aromatic N) is 3. The summed E-state index contributed by atoms with van der Waals surface area (Å²) in [6, 6.07) is 0. The Morgan fingerprint density at radius 2 is 2.33 bits per heavy atom. The largest absolute Gasteiger partial charge is 0.316 e. The predicted octanol–water partition coefficient (Wildman–Crippen LogP) is 1.64. The van der Waals surface area contributed by atoms with Gasteiger partial charge < -0.3 is 9.88 Å². The Labute approximate surface area is 108 Å². The SMILES string of the molecule is CCc1nncn1CCNCC1CC2C=CC1C2. The lowest BCUT2D eigenvalue weighted by atomic mass is 9.94. The first kappa shape index (κ1) is 11.9. The Morgan fingerprint density at radius 1 is 1.39 bits per heavy atom. The monoisotopic (exact) mass is 246 g/mol. The first-order valence-electron chi connectivity index (χ1n) is 7.12. The van der Waals surface area contributed by atoms with Crippen LogP contribution in [0.15, 0.2) is 18.5 Å². The van der Waals surface area contributed by atoms with Crippen LogP contribution in [0.3, 0.4) is 0 Å². The zero-order valence-corrected chi connectivity index (χ0v) is 11.0. The summed E-state index contributed by atoms with van der Waals surface area (Å²) in [5, 5.41) is 11.6. The van der Waals surface area contributed by atoms with E-state index in [0.29, 0.717) is 0 Å². The van der Waals surface area contributed by atoms with Gasteiger partial charge in [0.25, 0.3) is 0 Å². The summed E-state index contributed by atoms with van der Waals surface area (Å²) in [5.74, 6) is 3.68. The van der Waals surface area contributed by atoms with Crippen molar-refractivity contribution < 1.29 is 0 Å². The number of aryl methyl sites for hydroxylation is 1. The van der Waals surface area contributed by atoms with Gasteiger partial charge in [-0.2, -0.15) is 0 Å². The molecular formula is C14H22N4. The second kappa shape index (κ2) is 5.22. The zero-order chi connectivity index (χ0) is 12.4. The molecule has 2 bridgehead atoms. The molecule has 4 nitrogen and oxygen atoms in total. The smallest absolute Gasteiger partial charge is 0.132 e. The molecule has 0 radical (unpaired) electrons. The molecule has 1 heterocycles. The van der Waals surface area contributed by atoms with E-state index >= 15 is 0 Å². The molecular weight excluding hydrogens is 224 g/mol. The summed E-state index contributed by atoms with van der Waals surface area (Å²) >= 11 is 0. The fourth-order valence-electron chi connectivity index (χ4n) is 3.36. The lowest BCUT2D eigenvalue weighted by molar-refractivity contribution is 0.408. The van der Waals surface area contributed by atoms with Gasteiger partial charge in [0.15, 0.2) is 0 Å². The van der Waals surface area contributed by atoms with Crippen molar-refractivity contribution in [2.45, 2.75) is 32.7 Å². The van der Waals surface area contributed by atoms with Crippen molar-refractivity contribution in [1.82, 2.24) is 20.1 Å². The minimum absolute atomic E-state index is 0.851. The molecule has 1 saturated carbocycles. The van der Waals surface area contributed by atoms with Gasteiger partial charge in [0.05, 0.1) is 0 Å². The first-order valence-corrected chi connectivity index (χ1v) is 7.12. The minimum atomic E-state index is 0.851. The van der Waals surface area contributed by atoms with E-state index in [2.05, 4.69) is 39.2 Å². The Morgan fingerprint density at radius 3 is 3.06 bits per heavy atom. The van der Waals surface area contributed by atoms with Gasteiger partial charge >= 0.3 is 0 Å². The molecule has 3 atom stereocenters. The second-order valence-corrected chi connectivity index (χ2v) is 5.54. The van der Waals surface area contributed by atoms with Crippen molar-refractivity contribution in [3.8, 4) is 0 Å². The van der Waals surface area contributed by atoms with Crippen LogP contribution in [0.25, 0.3) is 0 Å². The summed E-state index contributed by atoms with van der Waals surface area (Å²) < 4.78 is 2.15. The highest BCUT2D eigenvalue weighted by Gasteiger charge is 2.34. The summed E-state index contributed by atoms with van der Waals surface area (Å²) in [4.78, 5) is 0. The van der Waals surface area contributed by atoms with Crippen LogP contribution in [-0.4, -0.2) is 27.9 Å². The van der Waals surface area contributed by atoms with Crippen molar-refractivity contribution in [3.05, 3.63) is 24.3 Å².